The van der Waals surface area contributed by atoms with Crippen molar-refractivity contribution in [1.29, 1.82) is 0 Å². The van der Waals surface area contributed by atoms with Crippen molar-refractivity contribution in [2.24, 2.45) is 0 Å². The van der Waals surface area contributed by atoms with Crippen LogP contribution in [0.5, 0.6) is 5.75 Å². The molecule has 0 aliphatic carbocycles. The zero-order chi connectivity index (χ0) is 25.4. The highest BCUT2D eigenvalue weighted by Crippen LogP contribution is 2.19. The number of aryl methyl sites for hydroxylation is 2. The summed E-state index contributed by atoms with van der Waals surface area (Å²) < 4.78 is 19.4. The summed E-state index contributed by atoms with van der Waals surface area (Å²) in [5.74, 6) is -0.328. The van der Waals surface area contributed by atoms with Gasteiger partial charge < -0.3 is 15.0 Å². The van der Waals surface area contributed by atoms with Crippen LogP contribution >= 0.6 is 0 Å². The number of carbonyl (C=O) groups excluding carboxylic acids is 2. The number of hydrogen-bond donors (Lipinski definition) is 1. The van der Waals surface area contributed by atoms with Crippen molar-refractivity contribution in [3.8, 4) is 5.75 Å². The summed E-state index contributed by atoms with van der Waals surface area (Å²) in [5.41, 5.74) is 3.73. The van der Waals surface area contributed by atoms with E-state index in [4.69, 9.17) is 4.74 Å². The molecule has 3 aromatic carbocycles. The fraction of sp³-hybridized carbons (Fsp3) is 0.310. The molecule has 1 N–H and O–H groups in total. The van der Waals surface area contributed by atoms with Crippen LogP contribution in [0.15, 0.2) is 72.8 Å². The second-order valence-electron chi connectivity index (χ2n) is 9.13. The third-order valence-corrected chi connectivity index (χ3v) is 5.53. The number of ether oxygens (including phenoxy) is 1. The first-order chi connectivity index (χ1) is 16.7. The molecule has 0 aliphatic rings. The van der Waals surface area contributed by atoms with Crippen molar-refractivity contribution in [2.45, 2.75) is 52.7 Å². The lowest BCUT2D eigenvalue weighted by molar-refractivity contribution is -0.143. The van der Waals surface area contributed by atoms with E-state index in [9.17, 15) is 14.0 Å². The van der Waals surface area contributed by atoms with E-state index in [-0.39, 0.29) is 36.8 Å². The Hall–Kier alpha value is -3.67. The lowest BCUT2D eigenvalue weighted by atomic mass is 10.0. The molecule has 0 unspecified atom stereocenters. The van der Waals surface area contributed by atoms with E-state index in [1.165, 1.54) is 17.0 Å². The van der Waals surface area contributed by atoms with Crippen molar-refractivity contribution in [3.63, 3.8) is 0 Å². The zero-order valence-electron chi connectivity index (χ0n) is 20.8. The minimum absolute atomic E-state index is 0.0879. The molecular weight excluding hydrogens is 443 g/mol. The molecule has 3 aromatic rings. The Morgan fingerprint density at radius 2 is 1.54 bits per heavy atom. The monoisotopic (exact) mass is 476 g/mol. The minimum Gasteiger partial charge on any atom is -0.484 e. The first kappa shape index (κ1) is 25.9. The van der Waals surface area contributed by atoms with Crippen LogP contribution < -0.4 is 10.1 Å². The fourth-order valence-corrected chi connectivity index (χ4v) is 3.97. The van der Waals surface area contributed by atoms with E-state index < -0.39 is 6.04 Å². The summed E-state index contributed by atoms with van der Waals surface area (Å²) >= 11 is 0. The SMILES string of the molecule is Cc1cc(C)cc(OCC(=O)N(Cc2ccc(F)cc2)[C@H](Cc2ccccc2)C(=O)NC(C)C)c1. The molecule has 2 amide bonds. The van der Waals surface area contributed by atoms with Crippen LogP contribution in [0.2, 0.25) is 0 Å². The van der Waals surface area contributed by atoms with E-state index in [0.717, 1.165) is 22.3 Å². The Kier molecular flexibility index (Phi) is 9.01. The van der Waals surface area contributed by atoms with Gasteiger partial charge in [-0.3, -0.25) is 9.59 Å². The number of hydrogen-bond acceptors (Lipinski definition) is 3. The van der Waals surface area contributed by atoms with Gasteiger partial charge in [0.25, 0.3) is 5.91 Å². The van der Waals surface area contributed by atoms with Gasteiger partial charge >= 0.3 is 0 Å². The highest BCUT2D eigenvalue weighted by atomic mass is 19.1. The third kappa shape index (κ3) is 7.95. The molecule has 0 heterocycles. The summed E-state index contributed by atoms with van der Waals surface area (Å²) in [6.07, 6.45) is 0.343. The van der Waals surface area contributed by atoms with Crippen LogP contribution in [0.3, 0.4) is 0 Å². The molecule has 6 heteroatoms. The molecule has 0 radical (unpaired) electrons. The quantitative estimate of drug-likeness (QED) is 0.449. The van der Waals surface area contributed by atoms with Gasteiger partial charge in [0.15, 0.2) is 6.61 Å². The van der Waals surface area contributed by atoms with Gasteiger partial charge in [-0.15, -0.1) is 0 Å². The summed E-state index contributed by atoms with van der Waals surface area (Å²) in [6, 6.07) is 20.5. The molecule has 0 saturated heterocycles. The van der Waals surface area contributed by atoms with E-state index >= 15 is 0 Å². The normalized spacial score (nSPS) is 11.7. The van der Waals surface area contributed by atoms with Gasteiger partial charge in [-0.2, -0.15) is 0 Å². The van der Waals surface area contributed by atoms with E-state index in [2.05, 4.69) is 5.32 Å². The Labute approximate surface area is 206 Å². The number of benzene rings is 3. The van der Waals surface area contributed by atoms with E-state index in [0.29, 0.717) is 12.2 Å². The summed E-state index contributed by atoms with van der Waals surface area (Å²) in [4.78, 5) is 28.4. The molecule has 1 atom stereocenters. The number of amides is 2. The molecule has 0 aliphatic heterocycles. The summed E-state index contributed by atoms with van der Waals surface area (Å²) in [5, 5.41) is 2.95. The van der Waals surface area contributed by atoms with Crippen LogP contribution in [0, 0.1) is 19.7 Å². The maximum Gasteiger partial charge on any atom is 0.261 e. The lowest BCUT2D eigenvalue weighted by Gasteiger charge is -2.32. The number of halogens is 1. The van der Waals surface area contributed by atoms with Crippen molar-refractivity contribution < 1.29 is 18.7 Å². The maximum absolute atomic E-state index is 13.5. The number of nitrogens with one attached hydrogen (secondary N) is 1. The Balaban J connectivity index is 1.91. The third-order valence-electron chi connectivity index (χ3n) is 5.53. The first-order valence-corrected chi connectivity index (χ1v) is 11.8. The van der Waals surface area contributed by atoms with Crippen LogP contribution in [0.4, 0.5) is 4.39 Å². The van der Waals surface area contributed by atoms with Gasteiger partial charge in [0.1, 0.15) is 17.6 Å². The Morgan fingerprint density at radius 3 is 2.14 bits per heavy atom. The number of rotatable bonds is 10. The molecule has 5 nitrogen and oxygen atoms in total. The second-order valence-corrected chi connectivity index (χ2v) is 9.13. The summed E-state index contributed by atoms with van der Waals surface area (Å²) in [7, 11) is 0. The van der Waals surface area contributed by atoms with Gasteiger partial charge in [-0.1, -0.05) is 48.5 Å². The van der Waals surface area contributed by atoms with Crippen LogP contribution in [0.25, 0.3) is 0 Å². The highest BCUT2D eigenvalue weighted by molar-refractivity contribution is 5.88. The van der Waals surface area contributed by atoms with Crippen LogP contribution in [0.1, 0.15) is 36.1 Å². The predicted molar refractivity (Wildman–Crippen MR) is 136 cm³/mol. The smallest absolute Gasteiger partial charge is 0.261 e. The zero-order valence-corrected chi connectivity index (χ0v) is 20.8. The molecule has 184 valence electrons. The van der Waals surface area contributed by atoms with Gasteiger partial charge in [0.05, 0.1) is 0 Å². The average molecular weight is 477 g/mol. The van der Waals surface area contributed by atoms with Gasteiger partial charge in [-0.05, 0) is 74.2 Å². The van der Waals surface area contributed by atoms with Crippen molar-refractivity contribution >= 4 is 11.8 Å². The average Bonchev–Trinajstić information content (AvgIpc) is 2.80. The fourth-order valence-electron chi connectivity index (χ4n) is 3.97. The molecule has 0 fully saturated rings. The van der Waals surface area contributed by atoms with Crippen molar-refractivity contribution in [3.05, 3.63) is 101 Å². The summed E-state index contributed by atoms with van der Waals surface area (Å²) in [6.45, 7) is 7.63. The lowest BCUT2D eigenvalue weighted by Crippen LogP contribution is -2.52. The maximum atomic E-state index is 13.5. The second kappa shape index (κ2) is 12.2. The predicted octanol–water partition coefficient (Wildman–Crippen LogP) is 4.99. The van der Waals surface area contributed by atoms with Gasteiger partial charge in [-0.25, -0.2) is 4.39 Å². The first-order valence-electron chi connectivity index (χ1n) is 11.8. The molecular formula is C29H33FN2O3. The number of nitrogens with zero attached hydrogens (tertiary/aromatic N) is 1. The highest BCUT2D eigenvalue weighted by Gasteiger charge is 2.31. The largest absolute Gasteiger partial charge is 0.484 e. The standard InChI is InChI=1S/C29H33FN2O3/c1-20(2)31-29(34)27(17-23-8-6-5-7-9-23)32(18-24-10-12-25(30)13-11-24)28(33)19-35-26-15-21(3)14-22(4)16-26/h5-16,20,27H,17-19H2,1-4H3,(H,31,34)/t27-/m1/s1. The molecule has 0 saturated carbocycles. The van der Waals surface area contributed by atoms with E-state index in [1.54, 1.807) is 12.1 Å². The molecule has 0 aromatic heterocycles. The molecule has 0 spiro atoms. The van der Waals surface area contributed by atoms with Crippen molar-refractivity contribution in [2.75, 3.05) is 6.61 Å². The van der Waals surface area contributed by atoms with Gasteiger partial charge in [0.2, 0.25) is 5.91 Å². The molecule has 35 heavy (non-hydrogen) atoms. The van der Waals surface area contributed by atoms with E-state index in [1.807, 2.05) is 76.2 Å². The van der Waals surface area contributed by atoms with Crippen LogP contribution in [-0.2, 0) is 22.6 Å². The molecule has 0 bridgehead atoms. The minimum atomic E-state index is -0.764. The van der Waals surface area contributed by atoms with Gasteiger partial charge in [0, 0.05) is 19.0 Å². The van der Waals surface area contributed by atoms with Crippen molar-refractivity contribution in [1.82, 2.24) is 10.2 Å². The Bertz CT molecular complexity index is 1110. The molecule has 3 rings (SSSR count). The Morgan fingerprint density at radius 1 is 0.914 bits per heavy atom. The topological polar surface area (TPSA) is 58.6 Å². The van der Waals surface area contributed by atoms with Crippen LogP contribution in [-0.4, -0.2) is 35.4 Å². The number of carbonyl (C=O) groups is 2.